The average Bonchev–Trinajstić information content (AvgIpc) is 3.73. The van der Waals surface area contributed by atoms with Gasteiger partial charge >= 0.3 is 0 Å². The molecule has 2 aromatic heterocycles. The van der Waals surface area contributed by atoms with E-state index in [9.17, 15) is 0 Å². The Bertz CT molecular complexity index is 3030. The number of hydrogen-bond donors (Lipinski definition) is 0. The van der Waals surface area contributed by atoms with Crippen molar-refractivity contribution in [1.29, 1.82) is 0 Å². The minimum atomic E-state index is 0.109. The molecule has 8 heteroatoms. The third-order valence-electron chi connectivity index (χ3n) is 12.0. The molecule has 0 unspecified atom stereocenters. The number of anilines is 3. The lowest BCUT2D eigenvalue weighted by atomic mass is 9.30. The van der Waals surface area contributed by atoms with Crippen molar-refractivity contribution in [2.24, 2.45) is 0 Å². The molecular formula is C44H23B2NO2S3. The Morgan fingerprint density at radius 3 is 1.48 bits per heavy atom. The van der Waals surface area contributed by atoms with Crippen molar-refractivity contribution in [3.8, 4) is 0 Å². The summed E-state index contributed by atoms with van der Waals surface area (Å²) < 4.78 is 13.8. The third kappa shape index (κ3) is 3.14. The lowest BCUT2D eigenvalue weighted by Gasteiger charge is -2.49. The van der Waals surface area contributed by atoms with Gasteiger partial charge in [-0.3, -0.25) is 0 Å². The van der Waals surface area contributed by atoms with E-state index in [2.05, 4.69) is 122 Å². The highest BCUT2D eigenvalue weighted by molar-refractivity contribution is 8.01. The van der Waals surface area contributed by atoms with E-state index in [0.717, 1.165) is 22.3 Å². The quantitative estimate of drug-likeness (QED) is 0.146. The molecule has 7 aromatic carbocycles. The topological polar surface area (TPSA) is 29.5 Å². The number of aryl methyl sites for hydroxylation is 2. The zero-order valence-electron chi connectivity index (χ0n) is 28.0. The number of rotatable bonds is 0. The molecule has 0 fully saturated rings. The second-order valence-electron chi connectivity index (χ2n) is 14.9. The van der Waals surface area contributed by atoms with E-state index < -0.39 is 0 Å². The van der Waals surface area contributed by atoms with Gasteiger partial charge in [-0.05, 0) is 66.0 Å². The molecule has 0 N–H and O–H groups in total. The van der Waals surface area contributed by atoms with E-state index in [4.69, 9.17) is 8.83 Å². The molecule has 0 atom stereocenters. The van der Waals surface area contributed by atoms with Crippen LogP contribution < -0.4 is 37.7 Å². The maximum Gasteiger partial charge on any atom is 0.249 e. The fourth-order valence-corrected chi connectivity index (χ4v) is 13.7. The highest BCUT2D eigenvalue weighted by Crippen LogP contribution is 2.59. The van der Waals surface area contributed by atoms with Crippen LogP contribution in [0.2, 0.25) is 0 Å². The molecule has 3 nitrogen and oxygen atoms in total. The smallest absolute Gasteiger partial charge is 0.249 e. The van der Waals surface area contributed by atoms with Crippen LogP contribution >= 0.6 is 35.3 Å². The van der Waals surface area contributed by atoms with Gasteiger partial charge in [-0.1, -0.05) is 130 Å². The van der Waals surface area contributed by atoms with Crippen molar-refractivity contribution in [2.45, 2.75) is 43.2 Å². The molecule has 9 aromatic rings. The van der Waals surface area contributed by atoms with Gasteiger partial charge in [0.25, 0.3) is 0 Å². The van der Waals surface area contributed by atoms with E-state index in [0.29, 0.717) is 0 Å². The van der Waals surface area contributed by atoms with Crippen molar-refractivity contribution in [3.05, 3.63) is 114 Å². The van der Waals surface area contributed by atoms with Gasteiger partial charge in [0.1, 0.15) is 11.2 Å². The summed E-state index contributed by atoms with van der Waals surface area (Å²) in [4.78, 5) is 10.5. The van der Waals surface area contributed by atoms with Crippen molar-refractivity contribution in [3.63, 3.8) is 0 Å². The Hall–Kier alpha value is -4.88. The van der Waals surface area contributed by atoms with E-state index in [1.165, 1.54) is 112 Å². The van der Waals surface area contributed by atoms with E-state index >= 15 is 0 Å². The fourth-order valence-electron chi connectivity index (χ4n) is 10.00. The van der Waals surface area contributed by atoms with Crippen LogP contribution in [0.25, 0.3) is 43.9 Å². The van der Waals surface area contributed by atoms with Gasteiger partial charge in [0.2, 0.25) is 13.4 Å². The van der Waals surface area contributed by atoms with Gasteiger partial charge in [-0.15, -0.1) is 0 Å². The van der Waals surface area contributed by atoms with Crippen LogP contribution in [0.15, 0.2) is 141 Å². The SMILES string of the molecule is Cc1ccc2c(c1)B1c3cc4c(oc5ccccc54)c4c3N3c5c1c(cc1c5B(c5cc(C)ccc5S1)c1cc5c(oc6ccccc65)c(c13)S4)S2. The first-order valence-corrected chi connectivity index (χ1v) is 20.3. The van der Waals surface area contributed by atoms with Crippen molar-refractivity contribution >= 4 is 142 Å². The molecule has 7 heterocycles. The number of hydrogen-bond acceptors (Lipinski definition) is 6. The largest absolute Gasteiger partial charge is 0.455 e. The zero-order chi connectivity index (χ0) is 33.7. The van der Waals surface area contributed by atoms with Crippen LogP contribution in [-0.4, -0.2) is 13.4 Å². The van der Waals surface area contributed by atoms with E-state index in [1.807, 2.05) is 35.3 Å². The highest BCUT2D eigenvalue weighted by Gasteiger charge is 2.53. The highest BCUT2D eigenvalue weighted by atomic mass is 32.2. The molecule has 0 spiro atoms. The minimum absolute atomic E-state index is 0.109. The molecule has 5 aliphatic heterocycles. The first-order chi connectivity index (χ1) is 25.6. The van der Waals surface area contributed by atoms with Crippen molar-refractivity contribution < 1.29 is 8.83 Å². The fraction of sp³-hybridized carbons (Fsp3) is 0.0455. The number of fused-ring (bicyclic) bond motifs is 14. The van der Waals surface area contributed by atoms with Gasteiger partial charge in [0.15, 0.2) is 11.2 Å². The second kappa shape index (κ2) is 9.18. The van der Waals surface area contributed by atoms with Crippen LogP contribution in [0.1, 0.15) is 11.1 Å². The first kappa shape index (κ1) is 27.7. The Morgan fingerprint density at radius 2 is 0.962 bits per heavy atom. The summed E-state index contributed by atoms with van der Waals surface area (Å²) in [6.07, 6.45) is 0. The molecule has 0 radical (unpaired) electrons. The normalized spacial score (nSPS) is 15.2. The summed E-state index contributed by atoms with van der Waals surface area (Å²) in [6, 6.07) is 38.7. The number of benzene rings is 7. The summed E-state index contributed by atoms with van der Waals surface area (Å²) in [6.45, 7) is 4.69. The van der Waals surface area contributed by atoms with Crippen molar-refractivity contribution in [1.82, 2.24) is 0 Å². The molecule has 240 valence electrons. The van der Waals surface area contributed by atoms with Crippen LogP contribution in [0.3, 0.4) is 0 Å². The Labute approximate surface area is 311 Å². The summed E-state index contributed by atoms with van der Waals surface area (Å²) in [7, 11) is 0. The molecular weight excluding hydrogens is 692 g/mol. The van der Waals surface area contributed by atoms with E-state index in [1.54, 1.807) is 0 Å². The zero-order valence-corrected chi connectivity index (χ0v) is 30.4. The summed E-state index contributed by atoms with van der Waals surface area (Å²) >= 11 is 5.75. The van der Waals surface area contributed by atoms with Gasteiger partial charge in [-0.25, -0.2) is 0 Å². The molecule has 5 aliphatic rings. The number of furan rings is 2. The predicted octanol–water partition coefficient (Wildman–Crippen LogP) is 8.63. The van der Waals surface area contributed by atoms with Gasteiger partial charge in [0.05, 0.1) is 21.2 Å². The van der Waals surface area contributed by atoms with Gasteiger partial charge < -0.3 is 13.7 Å². The first-order valence-electron chi connectivity index (χ1n) is 17.8. The molecule has 52 heavy (non-hydrogen) atoms. The lowest BCUT2D eigenvalue weighted by molar-refractivity contribution is 0.657. The minimum Gasteiger partial charge on any atom is -0.455 e. The van der Waals surface area contributed by atoms with Crippen molar-refractivity contribution in [2.75, 3.05) is 4.90 Å². The maximum absolute atomic E-state index is 6.89. The summed E-state index contributed by atoms with van der Waals surface area (Å²) in [5.74, 6) is 0. The van der Waals surface area contributed by atoms with Crippen LogP contribution in [0, 0.1) is 13.8 Å². The maximum atomic E-state index is 6.89. The average molecular weight is 715 g/mol. The third-order valence-corrected chi connectivity index (χ3v) is 15.5. The molecule has 0 aliphatic carbocycles. The van der Waals surface area contributed by atoms with Gasteiger partial charge in [-0.2, -0.15) is 0 Å². The molecule has 0 saturated heterocycles. The molecule has 0 amide bonds. The lowest BCUT2D eigenvalue weighted by Crippen LogP contribution is -2.68. The molecule has 14 rings (SSSR count). The number of nitrogens with zero attached hydrogens (tertiary/aromatic N) is 1. The summed E-state index contributed by atoms with van der Waals surface area (Å²) in [5, 5.41) is 4.70. The Balaban J connectivity index is 1.22. The standard InChI is InChI=1S/C44H23B2NO2S3/c1-20-11-13-32-26(15-20)45-28-17-24-22-7-3-5-9-30(22)48-41(24)43-38(28)47-39-29(18-25-23-8-4-6-10-31(23)49-42(25)44(39)52-43)46-27-16-21(2)12-14-33(27)51-35-19-34(50-32)36(45)40(47)37(35)46/h3-19H,1-2H3. The Kier molecular flexibility index (Phi) is 4.90. The second-order valence-corrected chi connectivity index (χ2v) is 18.1. The molecule has 0 bridgehead atoms. The summed E-state index contributed by atoms with van der Waals surface area (Å²) in [5.41, 5.74) is 18.7. The predicted molar refractivity (Wildman–Crippen MR) is 220 cm³/mol. The Morgan fingerprint density at radius 1 is 0.462 bits per heavy atom. The van der Waals surface area contributed by atoms with Crippen LogP contribution in [0.4, 0.5) is 17.1 Å². The van der Waals surface area contributed by atoms with Crippen LogP contribution in [0.5, 0.6) is 0 Å². The van der Waals surface area contributed by atoms with Crippen LogP contribution in [-0.2, 0) is 0 Å². The number of para-hydroxylation sites is 2. The molecule has 0 saturated carbocycles. The van der Waals surface area contributed by atoms with E-state index in [-0.39, 0.29) is 13.4 Å². The monoisotopic (exact) mass is 715 g/mol. The van der Waals surface area contributed by atoms with Gasteiger partial charge in [0, 0.05) is 46.8 Å².